The fourth-order valence-corrected chi connectivity index (χ4v) is 5.88. The third-order valence-electron chi connectivity index (χ3n) is 6.68. The summed E-state index contributed by atoms with van der Waals surface area (Å²) in [6, 6.07) is 10.8. The van der Waals surface area contributed by atoms with Gasteiger partial charge in [0.05, 0.1) is 34.6 Å². The zero-order valence-corrected chi connectivity index (χ0v) is 25.7. The minimum absolute atomic E-state index is 0.0755. The summed E-state index contributed by atoms with van der Waals surface area (Å²) in [5, 5.41) is 10.2. The van der Waals surface area contributed by atoms with Gasteiger partial charge in [0.25, 0.3) is 5.91 Å². The number of fused-ring (bicyclic) bond motifs is 1. The van der Waals surface area contributed by atoms with Gasteiger partial charge < -0.3 is 25.0 Å². The molecule has 4 aromatic rings. The number of anilines is 2. The lowest BCUT2D eigenvalue weighted by atomic mass is 10.0. The lowest BCUT2D eigenvalue weighted by Crippen LogP contribution is -2.24. The monoisotopic (exact) mass is 629 g/mol. The number of hydrogen-bond donors (Lipinski definition) is 2. The van der Waals surface area contributed by atoms with Crippen LogP contribution in [-0.2, 0) is 25.7 Å². The number of halogens is 2. The highest BCUT2D eigenvalue weighted by Gasteiger charge is 2.25. The number of rotatable bonds is 11. The highest BCUT2D eigenvalue weighted by Crippen LogP contribution is 2.31. The van der Waals surface area contributed by atoms with Crippen molar-refractivity contribution in [3.05, 3.63) is 77.4 Å². The summed E-state index contributed by atoms with van der Waals surface area (Å²) in [6.07, 6.45) is -0.151. The molecule has 2 N–H and O–H groups in total. The Bertz CT molecular complexity index is 1790. The van der Waals surface area contributed by atoms with Crippen molar-refractivity contribution in [1.29, 1.82) is 0 Å². The first kappa shape index (κ1) is 32.5. The fourth-order valence-electron chi connectivity index (χ4n) is 4.55. The summed E-state index contributed by atoms with van der Waals surface area (Å²) in [6.45, 7) is 3.07. The molecule has 0 saturated carbocycles. The van der Waals surface area contributed by atoms with Crippen LogP contribution in [0.5, 0.6) is 0 Å². The summed E-state index contributed by atoms with van der Waals surface area (Å²) >= 11 is 0. The molecule has 1 amide bonds. The highest BCUT2D eigenvalue weighted by atomic mass is 32.2. The molecule has 1 heterocycles. The molecule has 3 aromatic carbocycles. The summed E-state index contributed by atoms with van der Waals surface area (Å²) in [4.78, 5) is 27.3. The second-order valence-corrected chi connectivity index (χ2v) is 12.4. The van der Waals surface area contributed by atoms with Gasteiger partial charge in [-0.2, -0.15) is 4.68 Å². The first-order chi connectivity index (χ1) is 20.8. The summed E-state index contributed by atoms with van der Waals surface area (Å²) in [7, 11) is 2.24. The van der Waals surface area contributed by atoms with Crippen LogP contribution >= 0.6 is 0 Å². The number of sulfone groups is 1. The third-order valence-corrected chi connectivity index (χ3v) is 8.41. The Hall–Kier alpha value is -4.40. The van der Waals surface area contributed by atoms with Crippen LogP contribution in [0, 0.1) is 11.6 Å². The molecule has 0 aliphatic heterocycles. The van der Waals surface area contributed by atoms with E-state index in [1.807, 2.05) is 38.1 Å². The van der Waals surface area contributed by atoms with Gasteiger partial charge in [0.2, 0.25) is 9.84 Å². The van der Waals surface area contributed by atoms with Gasteiger partial charge in [0.15, 0.2) is 5.82 Å². The van der Waals surface area contributed by atoms with Crippen LogP contribution in [0.4, 0.5) is 25.1 Å². The first-order valence-corrected chi connectivity index (χ1v) is 15.0. The number of nitrogens with one attached hydrogen (secondary N) is 2. The van der Waals surface area contributed by atoms with E-state index in [1.165, 1.54) is 18.2 Å². The van der Waals surface area contributed by atoms with Gasteiger partial charge in [0, 0.05) is 36.8 Å². The van der Waals surface area contributed by atoms with Crippen LogP contribution in [0.15, 0.2) is 64.4 Å². The number of carbonyl (C=O) groups is 2. The van der Waals surface area contributed by atoms with Crippen LogP contribution < -0.4 is 10.6 Å². The minimum Gasteiger partial charge on any atom is -0.451 e. The van der Waals surface area contributed by atoms with E-state index in [9.17, 15) is 26.8 Å². The molecule has 0 bridgehead atoms. The maximum absolute atomic E-state index is 13.9. The topological polar surface area (TPSA) is 132 Å². The van der Waals surface area contributed by atoms with Crippen LogP contribution in [0.3, 0.4) is 0 Å². The number of benzene rings is 3. The van der Waals surface area contributed by atoms with Crippen molar-refractivity contribution in [3.63, 3.8) is 0 Å². The largest absolute Gasteiger partial charge is 0.451 e. The van der Waals surface area contributed by atoms with Gasteiger partial charge in [-0.05, 0) is 75.5 Å². The molecule has 0 fully saturated rings. The Morgan fingerprint density at radius 2 is 1.70 bits per heavy atom. The molecule has 11 nitrogen and oxygen atoms in total. The van der Waals surface area contributed by atoms with E-state index in [0.717, 1.165) is 30.3 Å². The SMILES string of the molecule is COCC(C)Nc1cc(CCN(C)C)ccc1C(=O)Nc1nn(C(=O)OC)c2ccc(S(=O)(=O)c3cc(F)cc(F)c3)cc12. The van der Waals surface area contributed by atoms with Gasteiger partial charge in [-0.1, -0.05) is 6.07 Å². The molecule has 0 aliphatic carbocycles. The van der Waals surface area contributed by atoms with Crippen molar-refractivity contribution < 1.29 is 36.3 Å². The molecule has 0 saturated heterocycles. The lowest BCUT2D eigenvalue weighted by molar-refractivity contribution is 0.102. The molecule has 0 radical (unpaired) electrons. The molecule has 0 spiro atoms. The van der Waals surface area contributed by atoms with Gasteiger partial charge in [-0.25, -0.2) is 22.0 Å². The van der Waals surface area contributed by atoms with Crippen LogP contribution in [0.25, 0.3) is 10.9 Å². The normalized spacial score (nSPS) is 12.4. The second kappa shape index (κ2) is 13.5. The van der Waals surface area contributed by atoms with E-state index in [-0.39, 0.29) is 33.2 Å². The smallest absolute Gasteiger partial charge is 0.435 e. The van der Waals surface area contributed by atoms with Crippen LogP contribution in [0.1, 0.15) is 22.8 Å². The van der Waals surface area contributed by atoms with Crippen LogP contribution in [-0.4, -0.2) is 82.6 Å². The maximum atomic E-state index is 13.9. The average molecular weight is 630 g/mol. The van der Waals surface area contributed by atoms with Gasteiger partial charge >= 0.3 is 6.09 Å². The number of hydrogen-bond acceptors (Lipinski definition) is 9. The number of aromatic nitrogens is 2. The Morgan fingerprint density at radius 1 is 1.00 bits per heavy atom. The quantitative estimate of drug-likeness (QED) is 0.245. The zero-order valence-electron chi connectivity index (χ0n) is 24.9. The molecule has 234 valence electrons. The second-order valence-electron chi connectivity index (χ2n) is 10.4. The molecular formula is C30H33F2N5O6S. The number of likely N-dealkylation sites (N-methyl/N-ethyl adjacent to an activating group) is 1. The number of nitrogens with zero attached hydrogens (tertiary/aromatic N) is 3. The molecule has 1 atom stereocenters. The fraction of sp³-hybridized carbons (Fsp3) is 0.300. The molecule has 1 aromatic heterocycles. The molecule has 4 rings (SSSR count). The van der Waals surface area contributed by atoms with E-state index in [2.05, 4.69) is 15.7 Å². The number of ether oxygens (including phenoxy) is 2. The molecule has 44 heavy (non-hydrogen) atoms. The standard InChI is InChI=1S/C30H33F2N5O6S/c1-18(17-42-4)33-26-12-19(10-11-36(2)3)6-8-24(26)29(38)34-28-25-16-22(7-9-27(25)37(35-28)30(39)43-5)44(40,41)23-14-20(31)13-21(32)15-23/h6-9,12-16,18,33H,10-11,17H2,1-5H3,(H,34,35,38). The lowest BCUT2D eigenvalue weighted by Gasteiger charge is -2.19. The van der Waals surface area contributed by atoms with Crippen molar-refractivity contribution in [2.24, 2.45) is 0 Å². The minimum atomic E-state index is -4.40. The highest BCUT2D eigenvalue weighted by molar-refractivity contribution is 7.91. The summed E-state index contributed by atoms with van der Waals surface area (Å²) in [5.74, 6) is -2.85. The van der Waals surface area contributed by atoms with Crippen LogP contribution in [0.2, 0.25) is 0 Å². The van der Waals surface area contributed by atoms with Gasteiger partial charge in [0.1, 0.15) is 11.6 Å². The molecule has 0 aliphatic rings. The Morgan fingerprint density at radius 3 is 2.34 bits per heavy atom. The van der Waals surface area contributed by atoms with Crippen molar-refractivity contribution in [2.45, 2.75) is 29.2 Å². The zero-order chi connectivity index (χ0) is 32.2. The summed E-state index contributed by atoms with van der Waals surface area (Å²) in [5.41, 5.74) is 1.92. The van der Waals surface area contributed by atoms with E-state index in [4.69, 9.17) is 9.47 Å². The van der Waals surface area contributed by atoms with Crippen molar-refractivity contribution in [3.8, 4) is 0 Å². The van der Waals surface area contributed by atoms with Crippen molar-refractivity contribution >= 4 is 44.2 Å². The predicted molar refractivity (Wildman–Crippen MR) is 161 cm³/mol. The number of amides is 1. The average Bonchev–Trinajstić information content (AvgIpc) is 3.32. The van der Waals surface area contributed by atoms with Crippen molar-refractivity contribution in [2.75, 3.05) is 52.1 Å². The van der Waals surface area contributed by atoms with E-state index >= 15 is 0 Å². The van der Waals surface area contributed by atoms with Gasteiger partial charge in [-0.3, -0.25) is 4.79 Å². The van der Waals surface area contributed by atoms with E-state index in [0.29, 0.717) is 30.5 Å². The first-order valence-electron chi connectivity index (χ1n) is 13.5. The number of carbonyl (C=O) groups excluding carboxylic acids is 2. The van der Waals surface area contributed by atoms with E-state index < -0.39 is 38.4 Å². The Labute approximate surface area is 253 Å². The molecule has 14 heteroatoms. The summed E-state index contributed by atoms with van der Waals surface area (Å²) < 4.78 is 65.2. The van der Waals surface area contributed by atoms with E-state index in [1.54, 1.807) is 13.2 Å². The Kier molecular flexibility index (Phi) is 9.97. The number of methoxy groups -OCH3 is 2. The molecular weight excluding hydrogens is 596 g/mol. The predicted octanol–water partition coefficient (Wildman–Crippen LogP) is 4.57. The maximum Gasteiger partial charge on any atom is 0.435 e. The third kappa shape index (κ3) is 7.21. The van der Waals surface area contributed by atoms with Crippen molar-refractivity contribution in [1.82, 2.24) is 14.7 Å². The Balaban J connectivity index is 1.78. The molecule has 1 unspecified atom stereocenters. The van der Waals surface area contributed by atoms with Gasteiger partial charge in [-0.15, -0.1) is 5.10 Å².